The third-order valence-electron chi connectivity index (χ3n) is 5.63. The van der Waals surface area contributed by atoms with Crippen LogP contribution in [0.3, 0.4) is 0 Å². The zero-order valence-corrected chi connectivity index (χ0v) is 16.1. The number of nitrogens with zero attached hydrogens (tertiary/aromatic N) is 2. The van der Waals surface area contributed by atoms with Gasteiger partial charge in [-0.25, -0.2) is 0 Å². The van der Waals surface area contributed by atoms with Gasteiger partial charge < -0.3 is 16.0 Å². The smallest absolute Gasteiger partial charge is 0.316 e. The van der Waals surface area contributed by atoms with E-state index in [0.717, 1.165) is 19.5 Å². The maximum absolute atomic E-state index is 12.9. The minimum absolute atomic E-state index is 0.0161. The molecular formula is C20H28N4O3. The predicted molar refractivity (Wildman–Crippen MR) is 103 cm³/mol. The maximum atomic E-state index is 12.9. The first-order valence-corrected chi connectivity index (χ1v) is 9.56. The number of hydrogen-bond donors (Lipinski definition) is 2. The van der Waals surface area contributed by atoms with Crippen molar-refractivity contribution in [2.75, 3.05) is 18.0 Å². The van der Waals surface area contributed by atoms with Crippen LogP contribution in [0.4, 0.5) is 5.69 Å². The molecule has 3 amide bonds. The number of hydrogen-bond acceptors (Lipinski definition) is 4. The quantitative estimate of drug-likeness (QED) is 0.773. The molecule has 0 aromatic heterocycles. The van der Waals surface area contributed by atoms with E-state index in [-0.39, 0.29) is 12.1 Å². The number of benzene rings is 1. The standard InChI is InChI=1S/C20H28N4O3/c1-12(2)23-9-8-14(11-23)22-19(26)20(27)24-13(3)10-16(18(21)25)15-6-4-5-7-17(15)24/h4-7,12-14,16H,8-11H2,1-3H3,(H2,21,25)(H,22,26). The van der Waals surface area contributed by atoms with Gasteiger partial charge in [0.05, 0.1) is 5.92 Å². The molecule has 27 heavy (non-hydrogen) atoms. The number of para-hydroxylation sites is 1. The molecule has 3 N–H and O–H groups in total. The first kappa shape index (κ1) is 19.4. The summed E-state index contributed by atoms with van der Waals surface area (Å²) in [6, 6.07) is 7.29. The van der Waals surface area contributed by atoms with Gasteiger partial charge in [-0.1, -0.05) is 18.2 Å². The van der Waals surface area contributed by atoms with Crippen molar-refractivity contribution in [1.82, 2.24) is 10.2 Å². The average molecular weight is 372 g/mol. The number of carbonyl (C=O) groups is 3. The van der Waals surface area contributed by atoms with E-state index in [2.05, 4.69) is 24.1 Å². The Morgan fingerprint density at radius 1 is 1.22 bits per heavy atom. The molecule has 3 rings (SSSR count). The Bertz CT molecular complexity index is 748. The molecule has 7 nitrogen and oxygen atoms in total. The lowest BCUT2D eigenvalue weighted by molar-refractivity contribution is -0.138. The summed E-state index contributed by atoms with van der Waals surface area (Å²) in [7, 11) is 0. The van der Waals surface area contributed by atoms with Crippen LogP contribution in [0.1, 0.15) is 45.1 Å². The summed E-state index contributed by atoms with van der Waals surface area (Å²) in [6.45, 7) is 7.76. The highest BCUT2D eigenvalue weighted by Crippen LogP contribution is 2.38. The number of likely N-dealkylation sites (tertiary alicyclic amines) is 1. The van der Waals surface area contributed by atoms with Gasteiger partial charge in [0.15, 0.2) is 0 Å². The fraction of sp³-hybridized carbons (Fsp3) is 0.550. The highest BCUT2D eigenvalue weighted by Gasteiger charge is 2.39. The molecular weight excluding hydrogens is 344 g/mol. The Hall–Kier alpha value is -2.41. The fourth-order valence-corrected chi connectivity index (χ4v) is 4.12. The molecule has 1 aromatic rings. The first-order chi connectivity index (χ1) is 12.8. The molecule has 1 aromatic carbocycles. The first-order valence-electron chi connectivity index (χ1n) is 9.56. The molecule has 0 spiro atoms. The number of carbonyl (C=O) groups excluding carboxylic acids is 3. The molecule has 2 aliphatic heterocycles. The van der Waals surface area contributed by atoms with E-state index in [9.17, 15) is 14.4 Å². The molecule has 7 heteroatoms. The summed E-state index contributed by atoms with van der Waals surface area (Å²) in [5.41, 5.74) is 6.84. The van der Waals surface area contributed by atoms with Crippen LogP contribution >= 0.6 is 0 Å². The zero-order valence-electron chi connectivity index (χ0n) is 16.1. The van der Waals surface area contributed by atoms with Crippen molar-refractivity contribution in [3.8, 4) is 0 Å². The van der Waals surface area contributed by atoms with Gasteiger partial charge in [0, 0.05) is 36.9 Å². The fourth-order valence-electron chi connectivity index (χ4n) is 4.12. The molecule has 0 bridgehead atoms. The van der Waals surface area contributed by atoms with E-state index < -0.39 is 23.6 Å². The van der Waals surface area contributed by atoms with Crippen LogP contribution in [0.15, 0.2) is 24.3 Å². The van der Waals surface area contributed by atoms with Gasteiger partial charge in [0.1, 0.15) is 0 Å². The van der Waals surface area contributed by atoms with Crippen LogP contribution in [0.2, 0.25) is 0 Å². The number of anilines is 1. The highest BCUT2D eigenvalue weighted by atomic mass is 16.2. The van der Waals surface area contributed by atoms with Gasteiger partial charge in [-0.2, -0.15) is 0 Å². The molecule has 3 atom stereocenters. The highest BCUT2D eigenvalue weighted by molar-refractivity contribution is 6.40. The Kier molecular flexibility index (Phi) is 5.51. The number of fused-ring (bicyclic) bond motifs is 1. The van der Waals surface area contributed by atoms with Crippen LogP contribution < -0.4 is 16.0 Å². The van der Waals surface area contributed by atoms with Crippen molar-refractivity contribution < 1.29 is 14.4 Å². The molecule has 146 valence electrons. The zero-order chi connectivity index (χ0) is 19.7. The molecule has 3 unspecified atom stereocenters. The van der Waals surface area contributed by atoms with Gasteiger partial charge in [0.25, 0.3) is 0 Å². The van der Waals surface area contributed by atoms with Crippen LogP contribution in [0, 0.1) is 0 Å². The Morgan fingerprint density at radius 2 is 1.93 bits per heavy atom. The number of rotatable bonds is 3. The summed E-state index contributed by atoms with van der Waals surface area (Å²) < 4.78 is 0. The lowest BCUT2D eigenvalue weighted by Crippen LogP contribution is -2.52. The van der Waals surface area contributed by atoms with Crippen LogP contribution in [0.5, 0.6) is 0 Å². The van der Waals surface area contributed by atoms with E-state index in [1.807, 2.05) is 13.0 Å². The second-order valence-corrected chi connectivity index (χ2v) is 7.82. The van der Waals surface area contributed by atoms with Gasteiger partial charge in [-0.05, 0) is 45.2 Å². The summed E-state index contributed by atoms with van der Waals surface area (Å²) in [4.78, 5) is 41.2. The Balaban J connectivity index is 1.76. The van der Waals surface area contributed by atoms with Crippen molar-refractivity contribution in [3.63, 3.8) is 0 Å². The molecule has 1 saturated heterocycles. The van der Waals surface area contributed by atoms with Crippen LogP contribution in [0.25, 0.3) is 0 Å². The maximum Gasteiger partial charge on any atom is 0.316 e. The summed E-state index contributed by atoms with van der Waals surface area (Å²) in [5.74, 6) is -2.03. The van der Waals surface area contributed by atoms with E-state index in [1.165, 1.54) is 4.90 Å². The van der Waals surface area contributed by atoms with Crippen molar-refractivity contribution in [3.05, 3.63) is 29.8 Å². The summed E-state index contributed by atoms with van der Waals surface area (Å²) >= 11 is 0. The van der Waals surface area contributed by atoms with E-state index >= 15 is 0 Å². The molecule has 0 saturated carbocycles. The van der Waals surface area contributed by atoms with Gasteiger partial charge in [0.2, 0.25) is 5.91 Å². The van der Waals surface area contributed by atoms with Gasteiger partial charge >= 0.3 is 11.8 Å². The molecule has 2 heterocycles. The molecule has 1 fully saturated rings. The van der Waals surface area contributed by atoms with Crippen molar-refractivity contribution >= 4 is 23.4 Å². The van der Waals surface area contributed by atoms with Gasteiger partial charge in [-0.3, -0.25) is 19.3 Å². The lowest BCUT2D eigenvalue weighted by atomic mass is 9.85. The second kappa shape index (κ2) is 7.68. The van der Waals surface area contributed by atoms with Crippen LogP contribution in [-0.2, 0) is 14.4 Å². The number of amides is 3. The van der Waals surface area contributed by atoms with E-state index in [1.54, 1.807) is 18.2 Å². The largest absolute Gasteiger partial charge is 0.369 e. The van der Waals surface area contributed by atoms with Crippen LogP contribution in [-0.4, -0.2) is 53.8 Å². The SMILES string of the molecule is CC(C)N1CCC(NC(=O)C(=O)N2c3ccccc3C(C(N)=O)CC2C)C1. The minimum Gasteiger partial charge on any atom is -0.369 e. The van der Waals surface area contributed by atoms with E-state index in [0.29, 0.717) is 23.7 Å². The van der Waals surface area contributed by atoms with Gasteiger partial charge in [-0.15, -0.1) is 0 Å². The monoisotopic (exact) mass is 372 g/mol. The van der Waals surface area contributed by atoms with Crippen molar-refractivity contribution in [2.24, 2.45) is 5.73 Å². The minimum atomic E-state index is -0.593. The average Bonchev–Trinajstić information content (AvgIpc) is 3.09. The summed E-state index contributed by atoms with van der Waals surface area (Å²) in [6.07, 6.45) is 1.25. The molecule has 0 aliphatic carbocycles. The third kappa shape index (κ3) is 3.83. The Labute approximate surface area is 159 Å². The Morgan fingerprint density at radius 3 is 2.56 bits per heavy atom. The van der Waals surface area contributed by atoms with Crippen molar-refractivity contribution in [1.29, 1.82) is 0 Å². The molecule has 2 aliphatic rings. The second-order valence-electron chi connectivity index (χ2n) is 7.82. The molecule has 0 radical (unpaired) electrons. The normalized spacial score (nSPS) is 25.3. The summed E-state index contributed by atoms with van der Waals surface area (Å²) in [5, 5.41) is 2.88. The topological polar surface area (TPSA) is 95.7 Å². The number of primary amides is 1. The predicted octanol–water partition coefficient (Wildman–Crippen LogP) is 0.980. The lowest BCUT2D eigenvalue weighted by Gasteiger charge is -2.38. The third-order valence-corrected chi connectivity index (χ3v) is 5.63. The van der Waals surface area contributed by atoms with E-state index in [4.69, 9.17) is 5.73 Å². The number of nitrogens with one attached hydrogen (secondary N) is 1. The van der Waals surface area contributed by atoms with Crippen molar-refractivity contribution in [2.45, 2.75) is 57.7 Å². The number of nitrogens with two attached hydrogens (primary N) is 1.